The van der Waals surface area contributed by atoms with Gasteiger partial charge in [-0.1, -0.05) is 90.1 Å². The van der Waals surface area contributed by atoms with E-state index < -0.39 is 34.4 Å². The lowest BCUT2D eigenvalue weighted by molar-refractivity contribution is 0.0364. The van der Waals surface area contributed by atoms with Crippen LogP contribution in [0.5, 0.6) is 17.2 Å². The number of hydrogen-bond acceptors (Lipinski definition) is 5. The van der Waals surface area contributed by atoms with Gasteiger partial charge in [-0.25, -0.2) is 4.39 Å². The van der Waals surface area contributed by atoms with Gasteiger partial charge in [0.2, 0.25) is 0 Å². The highest BCUT2D eigenvalue weighted by Gasteiger charge is 2.46. The Morgan fingerprint density at radius 3 is 1.58 bits per heavy atom. The SMILES string of the molecule is CC(C)(C)Oc1ccc(C(C)(C)C)cc1C(O)(c1cc(C(C)(C)C)ccc1OC(C)(C)C)C(Cc1ccccc1)N=Cc1cccc(F)c1O. The molecular weight excluding hydrogens is 625 g/mol. The van der Waals surface area contributed by atoms with E-state index in [1.165, 1.54) is 18.3 Å². The molecule has 0 aliphatic rings. The van der Waals surface area contributed by atoms with Crippen molar-refractivity contribution >= 4 is 6.21 Å². The third-order valence-electron chi connectivity index (χ3n) is 8.51. The Morgan fingerprint density at radius 1 is 0.660 bits per heavy atom. The highest BCUT2D eigenvalue weighted by atomic mass is 19.1. The van der Waals surface area contributed by atoms with E-state index in [9.17, 15) is 14.6 Å². The zero-order valence-corrected chi connectivity index (χ0v) is 32.0. The summed E-state index contributed by atoms with van der Waals surface area (Å²) in [6.45, 7) is 24.7. The van der Waals surface area contributed by atoms with Gasteiger partial charge in [-0.2, -0.15) is 0 Å². The van der Waals surface area contributed by atoms with Crippen LogP contribution in [-0.4, -0.2) is 33.7 Å². The topological polar surface area (TPSA) is 71.3 Å². The van der Waals surface area contributed by atoms with Crippen molar-refractivity contribution in [1.29, 1.82) is 0 Å². The van der Waals surface area contributed by atoms with Crippen molar-refractivity contribution in [3.63, 3.8) is 0 Å². The zero-order chi connectivity index (χ0) is 37.3. The van der Waals surface area contributed by atoms with Crippen molar-refractivity contribution in [3.05, 3.63) is 124 Å². The average molecular weight is 682 g/mol. The second kappa shape index (κ2) is 14.2. The Kier molecular flexibility index (Phi) is 11.0. The summed E-state index contributed by atoms with van der Waals surface area (Å²) in [5.74, 6) is -0.229. The van der Waals surface area contributed by atoms with E-state index in [4.69, 9.17) is 14.5 Å². The summed E-state index contributed by atoms with van der Waals surface area (Å²) in [7, 11) is 0. The largest absolute Gasteiger partial charge is 0.504 e. The number of benzene rings is 4. The van der Waals surface area contributed by atoms with Gasteiger partial charge < -0.3 is 19.7 Å². The molecule has 0 amide bonds. The molecular formula is C44H56FNO4. The fourth-order valence-electron chi connectivity index (χ4n) is 5.88. The molecule has 0 spiro atoms. The minimum Gasteiger partial charge on any atom is -0.504 e. The predicted octanol–water partition coefficient (Wildman–Crippen LogP) is 10.4. The number of aliphatic hydroxyl groups is 1. The van der Waals surface area contributed by atoms with Gasteiger partial charge in [-0.05, 0) is 112 Å². The van der Waals surface area contributed by atoms with E-state index >= 15 is 0 Å². The molecule has 0 aliphatic heterocycles. The van der Waals surface area contributed by atoms with Crippen LogP contribution in [0, 0.1) is 5.82 Å². The molecule has 4 aromatic carbocycles. The molecule has 6 heteroatoms. The van der Waals surface area contributed by atoms with Crippen molar-refractivity contribution in [2.75, 3.05) is 0 Å². The number of halogens is 1. The maximum atomic E-state index is 14.6. The second-order valence-electron chi connectivity index (χ2n) is 17.3. The fraction of sp³-hybridized carbons (Fsp3) is 0.432. The summed E-state index contributed by atoms with van der Waals surface area (Å²) >= 11 is 0. The summed E-state index contributed by atoms with van der Waals surface area (Å²) in [5.41, 5.74) is 0.632. The molecule has 50 heavy (non-hydrogen) atoms. The number of hydrogen-bond donors (Lipinski definition) is 2. The molecule has 1 atom stereocenters. The molecule has 0 radical (unpaired) electrons. The van der Waals surface area contributed by atoms with Crippen LogP contribution >= 0.6 is 0 Å². The Morgan fingerprint density at radius 2 is 1.14 bits per heavy atom. The van der Waals surface area contributed by atoms with E-state index in [-0.39, 0.29) is 16.4 Å². The Balaban J connectivity index is 2.21. The van der Waals surface area contributed by atoms with Crippen LogP contribution in [0.25, 0.3) is 0 Å². The lowest BCUT2D eigenvalue weighted by Gasteiger charge is -2.40. The second-order valence-corrected chi connectivity index (χ2v) is 17.3. The third-order valence-corrected chi connectivity index (χ3v) is 8.51. The maximum absolute atomic E-state index is 14.6. The average Bonchev–Trinajstić information content (AvgIpc) is 2.99. The number of para-hydroxylation sites is 1. The number of aromatic hydroxyl groups is 1. The van der Waals surface area contributed by atoms with Gasteiger partial charge in [0.05, 0.1) is 6.04 Å². The summed E-state index contributed by atoms with van der Waals surface area (Å²) in [4.78, 5) is 5.06. The first kappa shape index (κ1) is 38.6. The van der Waals surface area contributed by atoms with Crippen LogP contribution in [-0.2, 0) is 22.9 Å². The van der Waals surface area contributed by atoms with Crippen LogP contribution in [0.3, 0.4) is 0 Å². The minimum absolute atomic E-state index is 0.203. The highest BCUT2D eigenvalue weighted by Crippen LogP contribution is 2.48. The third kappa shape index (κ3) is 9.33. The maximum Gasteiger partial charge on any atom is 0.165 e. The molecule has 0 saturated heterocycles. The van der Waals surface area contributed by atoms with E-state index in [1.807, 2.05) is 108 Å². The van der Waals surface area contributed by atoms with Crippen molar-refractivity contribution in [1.82, 2.24) is 0 Å². The summed E-state index contributed by atoms with van der Waals surface area (Å²) in [5, 5.41) is 24.7. The molecule has 0 heterocycles. The van der Waals surface area contributed by atoms with Crippen molar-refractivity contribution in [2.24, 2.45) is 4.99 Å². The molecule has 0 bridgehead atoms. The molecule has 1 unspecified atom stereocenters. The van der Waals surface area contributed by atoms with Gasteiger partial charge in [0.1, 0.15) is 28.3 Å². The monoisotopic (exact) mass is 681 g/mol. The highest BCUT2D eigenvalue weighted by molar-refractivity contribution is 5.83. The van der Waals surface area contributed by atoms with Gasteiger partial charge >= 0.3 is 0 Å². The summed E-state index contributed by atoms with van der Waals surface area (Å²) in [6.07, 6.45) is 1.75. The smallest absolute Gasteiger partial charge is 0.165 e. The first-order chi connectivity index (χ1) is 23.0. The van der Waals surface area contributed by atoms with Gasteiger partial charge in [-0.3, -0.25) is 4.99 Å². The normalized spacial score (nSPS) is 13.8. The van der Waals surface area contributed by atoms with Crippen LogP contribution in [0.2, 0.25) is 0 Å². The number of aliphatic imine (C=N–C) groups is 1. The molecule has 0 aliphatic carbocycles. The van der Waals surface area contributed by atoms with Crippen molar-refractivity contribution < 1.29 is 24.1 Å². The van der Waals surface area contributed by atoms with Gasteiger partial charge in [0.15, 0.2) is 11.6 Å². The molecule has 268 valence electrons. The van der Waals surface area contributed by atoms with Crippen molar-refractivity contribution in [2.45, 2.75) is 123 Å². The quantitative estimate of drug-likeness (QED) is 0.173. The Bertz CT molecular complexity index is 1720. The predicted molar refractivity (Wildman–Crippen MR) is 204 cm³/mol. The number of phenols is 1. The van der Waals surface area contributed by atoms with Crippen LogP contribution < -0.4 is 9.47 Å². The summed E-state index contributed by atoms with van der Waals surface area (Å²) in [6, 6.07) is 25.3. The van der Waals surface area contributed by atoms with E-state index in [0.717, 1.165) is 16.7 Å². The lowest BCUT2D eigenvalue weighted by Crippen LogP contribution is -2.43. The van der Waals surface area contributed by atoms with Gasteiger partial charge in [0.25, 0.3) is 0 Å². The van der Waals surface area contributed by atoms with E-state index in [1.54, 1.807) is 6.07 Å². The van der Waals surface area contributed by atoms with Crippen LogP contribution in [0.1, 0.15) is 116 Å². The summed E-state index contributed by atoms with van der Waals surface area (Å²) < 4.78 is 27.9. The number of ether oxygens (including phenoxy) is 2. The Hall–Kier alpha value is -4.16. The molecule has 0 fully saturated rings. The molecule has 4 aromatic rings. The van der Waals surface area contributed by atoms with E-state index in [0.29, 0.717) is 29.0 Å². The van der Waals surface area contributed by atoms with Crippen LogP contribution in [0.15, 0.2) is 89.9 Å². The molecule has 2 N–H and O–H groups in total. The molecule has 0 saturated carbocycles. The van der Waals surface area contributed by atoms with Crippen LogP contribution in [0.4, 0.5) is 4.39 Å². The zero-order valence-electron chi connectivity index (χ0n) is 32.0. The van der Waals surface area contributed by atoms with Gasteiger partial charge in [0, 0.05) is 22.9 Å². The Labute approximate surface area is 299 Å². The minimum atomic E-state index is -1.86. The molecule has 4 rings (SSSR count). The number of nitrogens with zero attached hydrogens (tertiary/aromatic N) is 1. The standard InChI is InChI=1S/C44H56FNO4/c1-40(2,3)31-21-23-36(49-42(7,8)9)33(26-31)44(48,34-27-32(41(4,5)6)22-24-37(34)50-43(10,11)12)38(25-29-17-14-13-15-18-29)46-28-30-19-16-20-35(45)39(30)47/h13-24,26-28,38,47-48H,25H2,1-12H3. The number of phenolic OH excluding ortho intramolecular Hbond substituents is 1. The molecule has 0 aromatic heterocycles. The van der Waals surface area contributed by atoms with Gasteiger partial charge in [-0.15, -0.1) is 0 Å². The van der Waals surface area contributed by atoms with Crippen molar-refractivity contribution in [3.8, 4) is 17.2 Å². The fourth-order valence-corrected chi connectivity index (χ4v) is 5.88. The first-order valence-electron chi connectivity index (χ1n) is 17.4. The number of rotatable bonds is 9. The lowest BCUT2D eigenvalue weighted by atomic mass is 9.73. The molecule has 5 nitrogen and oxygen atoms in total. The van der Waals surface area contributed by atoms with E-state index in [2.05, 4.69) is 41.5 Å². The first-order valence-corrected chi connectivity index (χ1v) is 17.4.